The van der Waals surface area contributed by atoms with Crippen LogP contribution in [0.5, 0.6) is 0 Å². The van der Waals surface area contributed by atoms with Crippen molar-refractivity contribution in [1.29, 1.82) is 0 Å². The van der Waals surface area contributed by atoms with Crippen molar-refractivity contribution >= 4 is 29.3 Å². The van der Waals surface area contributed by atoms with Crippen LogP contribution in [-0.4, -0.2) is 41.3 Å². The van der Waals surface area contributed by atoms with Gasteiger partial charge in [0.15, 0.2) is 10.7 Å². The number of hydrogen-bond acceptors (Lipinski definition) is 4. The van der Waals surface area contributed by atoms with Crippen LogP contribution in [0.15, 0.2) is 60.7 Å². The monoisotopic (exact) mass is 410 g/mol. The third kappa shape index (κ3) is 3.68. The van der Waals surface area contributed by atoms with Crippen LogP contribution < -0.4 is 16.1 Å². The number of carbonyl (C=O) groups is 2. The van der Waals surface area contributed by atoms with Crippen LogP contribution >= 0.6 is 12.2 Å². The molecule has 4 rings (SSSR count). The predicted octanol–water partition coefficient (Wildman–Crippen LogP) is 2.04. The summed E-state index contributed by atoms with van der Waals surface area (Å²) in [6.07, 6.45) is 2.07. The molecule has 2 aliphatic heterocycles. The summed E-state index contributed by atoms with van der Waals surface area (Å²) >= 11 is 5.29. The molecule has 0 saturated carbocycles. The van der Waals surface area contributed by atoms with Gasteiger partial charge >= 0.3 is 6.03 Å². The first kappa shape index (κ1) is 19.4. The molecule has 29 heavy (non-hydrogen) atoms. The minimum atomic E-state index is -1.32. The molecule has 0 radical (unpaired) electrons. The lowest BCUT2D eigenvalue weighted by molar-refractivity contribution is -0.131. The van der Waals surface area contributed by atoms with Crippen LogP contribution in [0.25, 0.3) is 0 Å². The van der Waals surface area contributed by atoms with E-state index in [4.69, 9.17) is 17.0 Å². The second-order valence-electron chi connectivity index (χ2n) is 7.01. The number of thiocarbonyl (C=S) groups is 1. The van der Waals surface area contributed by atoms with Crippen LogP contribution in [0.1, 0.15) is 24.0 Å². The molecule has 0 aliphatic carbocycles. The van der Waals surface area contributed by atoms with Crippen LogP contribution in [0.3, 0.4) is 0 Å². The van der Waals surface area contributed by atoms with E-state index in [1.165, 1.54) is 0 Å². The first-order valence-electron chi connectivity index (χ1n) is 9.55. The molecule has 2 heterocycles. The van der Waals surface area contributed by atoms with Crippen molar-refractivity contribution in [3.63, 3.8) is 0 Å². The largest absolute Gasteiger partial charge is 0.376 e. The third-order valence-corrected chi connectivity index (χ3v) is 5.40. The first-order valence-corrected chi connectivity index (χ1v) is 9.96. The zero-order chi connectivity index (χ0) is 20.3. The zero-order valence-corrected chi connectivity index (χ0v) is 16.6. The number of urea groups is 1. The Balaban J connectivity index is 1.57. The van der Waals surface area contributed by atoms with Gasteiger partial charge in [0.25, 0.3) is 5.91 Å². The number of nitrogens with zero attached hydrogens (tertiary/aromatic N) is 1. The molecule has 0 aromatic heterocycles. The number of hydrogen-bond donors (Lipinski definition) is 3. The molecule has 2 aliphatic rings. The number of amides is 3. The summed E-state index contributed by atoms with van der Waals surface area (Å²) in [5, 5.41) is 7.02. The molecule has 8 heteroatoms. The SMILES string of the molecule is O=C1NC(c2ccccc2)(c2ccccc2)C(=O)N1NC(=S)NC[C@H]1CCCO1. The van der Waals surface area contributed by atoms with Gasteiger partial charge in [0.1, 0.15) is 0 Å². The Labute approximate surface area is 174 Å². The summed E-state index contributed by atoms with van der Waals surface area (Å²) in [6, 6.07) is 17.8. The van der Waals surface area contributed by atoms with Crippen LogP contribution in [0.4, 0.5) is 4.79 Å². The van der Waals surface area contributed by atoms with Crippen LogP contribution in [0, 0.1) is 0 Å². The van der Waals surface area contributed by atoms with E-state index in [1.54, 1.807) is 0 Å². The number of imide groups is 1. The molecule has 0 unspecified atom stereocenters. The van der Waals surface area contributed by atoms with Gasteiger partial charge in [-0.2, -0.15) is 5.01 Å². The van der Waals surface area contributed by atoms with Gasteiger partial charge in [0, 0.05) is 13.2 Å². The van der Waals surface area contributed by atoms with Gasteiger partial charge in [0.2, 0.25) is 0 Å². The number of rotatable bonds is 5. The molecule has 0 spiro atoms. The molecule has 2 aromatic rings. The van der Waals surface area contributed by atoms with E-state index in [-0.39, 0.29) is 11.2 Å². The molecule has 150 valence electrons. The molecular formula is C21H22N4O3S. The normalized spacial score (nSPS) is 20.4. The average molecular weight is 410 g/mol. The smallest absolute Gasteiger partial charge is 0.344 e. The zero-order valence-electron chi connectivity index (χ0n) is 15.8. The van der Waals surface area contributed by atoms with E-state index in [1.807, 2.05) is 60.7 Å². The number of benzene rings is 2. The van der Waals surface area contributed by atoms with Gasteiger partial charge < -0.3 is 15.4 Å². The Hall–Kier alpha value is -2.97. The van der Waals surface area contributed by atoms with E-state index in [2.05, 4.69) is 16.1 Å². The highest BCUT2D eigenvalue weighted by Gasteiger charge is 2.54. The summed E-state index contributed by atoms with van der Waals surface area (Å²) in [6.45, 7) is 1.27. The van der Waals surface area contributed by atoms with Crippen molar-refractivity contribution in [2.45, 2.75) is 24.5 Å². The van der Waals surface area contributed by atoms with Crippen LogP contribution in [0.2, 0.25) is 0 Å². The molecule has 1 atom stereocenters. The van der Waals surface area contributed by atoms with Crippen molar-refractivity contribution in [3.8, 4) is 0 Å². The van der Waals surface area contributed by atoms with Crippen molar-refractivity contribution in [1.82, 2.24) is 21.1 Å². The first-order chi connectivity index (χ1) is 14.1. The summed E-state index contributed by atoms with van der Waals surface area (Å²) in [5.74, 6) is -0.443. The fourth-order valence-corrected chi connectivity index (χ4v) is 3.89. The molecule has 3 N–H and O–H groups in total. The minimum Gasteiger partial charge on any atom is -0.376 e. The Kier molecular flexibility index (Phi) is 5.46. The minimum absolute atomic E-state index is 0.0885. The van der Waals surface area contributed by atoms with E-state index < -0.39 is 17.5 Å². The quantitative estimate of drug-likeness (QED) is 0.517. The van der Waals surface area contributed by atoms with Crippen molar-refractivity contribution in [2.75, 3.05) is 13.2 Å². The number of ether oxygens (including phenoxy) is 1. The molecule has 2 fully saturated rings. The maximum atomic E-state index is 13.5. The molecule has 2 saturated heterocycles. The maximum absolute atomic E-state index is 13.5. The van der Waals surface area contributed by atoms with Gasteiger partial charge in [-0.25, -0.2) is 4.79 Å². The van der Waals surface area contributed by atoms with E-state index in [0.717, 1.165) is 24.5 Å². The number of nitrogens with one attached hydrogen (secondary N) is 3. The Morgan fingerprint density at radius 1 is 1.10 bits per heavy atom. The predicted molar refractivity (Wildman–Crippen MR) is 112 cm³/mol. The van der Waals surface area contributed by atoms with Gasteiger partial charge in [0.05, 0.1) is 6.10 Å². The third-order valence-electron chi connectivity index (χ3n) is 5.16. The molecule has 3 amide bonds. The highest BCUT2D eigenvalue weighted by molar-refractivity contribution is 7.80. The van der Waals surface area contributed by atoms with E-state index in [9.17, 15) is 9.59 Å². The maximum Gasteiger partial charge on any atom is 0.344 e. The van der Waals surface area contributed by atoms with Gasteiger partial charge in [-0.1, -0.05) is 60.7 Å². The Morgan fingerprint density at radius 3 is 2.28 bits per heavy atom. The summed E-state index contributed by atoms with van der Waals surface area (Å²) in [7, 11) is 0. The summed E-state index contributed by atoms with van der Waals surface area (Å²) in [4.78, 5) is 26.3. The van der Waals surface area contributed by atoms with Crippen LogP contribution in [-0.2, 0) is 15.1 Å². The van der Waals surface area contributed by atoms with Crippen molar-refractivity contribution in [3.05, 3.63) is 71.8 Å². The lowest BCUT2D eigenvalue weighted by atomic mass is 9.83. The second kappa shape index (κ2) is 8.18. The molecule has 2 aromatic carbocycles. The topological polar surface area (TPSA) is 82.7 Å². The van der Waals surface area contributed by atoms with Crippen molar-refractivity contribution < 1.29 is 14.3 Å². The number of hydrazine groups is 1. The van der Waals surface area contributed by atoms with Gasteiger partial charge in [-0.3, -0.25) is 10.2 Å². The summed E-state index contributed by atoms with van der Waals surface area (Å²) < 4.78 is 5.55. The fraction of sp³-hybridized carbons (Fsp3) is 0.286. The Bertz CT molecular complexity index is 861. The molecule has 7 nitrogen and oxygen atoms in total. The highest BCUT2D eigenvalue weighted by atomic mass is 32.1. The standard InChI is InChI=1S/C21H22N4O3S/c26-18-21(15-8-3-1-4-9-15,16-10-5-2-6-11-16)23-20(27)25(18)24-19(29)22-14-17-12-7-13-28-17/h1-6,8-11,17H,7,12-14H2,(H,23,27)(H2,22,24,29)/t17-/m1/s1. The Morgan fingerprint density at radius 2 is 1.72 bits per heavy atom. The van der Waals surface area contributed by atoms with E-state index in [0.29, 0.717) is 17.7 Å². The second-order valence-corrected chi connectivity index (χ2v) is 7.42. The fourth-order valence-electron chi connectivity index (χ4n) is 3.72. The molecular weight excluding hydrogens is 388 g/mol. The number of carbonyl (C=O) groups excluding carboxylic acids is 2. The highest BCUT2D eigenvalue weighted by Crippen LogP contribution is 2.35. The lowest BCUT2D eigenvalue weighted by Crippen LogP contribution is -2.52. The van der Waals surface area contributed by atoms with E-state index >= 15 is 0 Å². The summed E-state index contributed by atoms with van der Waals surface area (Å²) in [5.41, 5.74) is 2.76. The van der Waals surface area contributed by atoms with Gasteiger partial charge in [-0.05, 0) is 36.2 Å². The van der Waals surface area contributed by atoms with Gasteiger partial charge in [-0.15, -0.1) is 0 Å². The average Bonchev–Trinajstić information content (AvgIpc) is 3.36. The van der Waals surface area contributed by atoms with Crippen molar-refractivity contribution in [2.24, 2.45) is 0 Å². The lowest BCUT2D eigenvalue weighted by Gasteiger charge is -2.28. The molecule has 0 bridgehead atoms.